The van der Waals surface area contributed by atoms with E-state index in [4.69, 9.17) is 14.2 Å². The zero-order chi connectivity index (χ0) is 53.6. The maximum atomic E-state index is 12.9. The molecule has 74 heavy (non-hydrogen) atoms. The summed E-state index contributed by atoms with van der Waals surface area (Å²) in [6.45, 7) is 6.47. The van der Waals surface area contributed by atoms with E-state index in [2.05, 4.69) is 93.7 Å². The first-order chi connectivity index (χ1) is 36.5. The lowest BCUT2D eigenvalue weighted by Gasteiger charge is -2.18. The summed E-state index contributed by atoms with van der Waals surface area (Å²) < 4.78 is 16.8. The monoisotopic (exact) mass is 1030 g/mol. The van der Waals surface area contributed by atoms with Crippen molar-refractivity contribution in [2.24, 2.45) is 0 Å². The number of ether oxygens (including phenoxy) is 3. The molecule has 1 unspecified atom stereocenters. The summed E-state index contributed by atoms with van der Waals surface area (Å²) in [6, 6.07) is 0. The van der Waals surface area contributed by atoms with E-state index in [1.807, 2.05) is 0 Å². The summed E-state index contributed by atoms with van der Waals surface area (Å²) in [5, 5.41) is 0. The average Bonchev–Trinajstić information content (AvgIpc) is 3.40. The van der Waals surface area contributed by atoms with Crippen molar-refractivity contribution in [1.29, 1.82) is 0 Å². The first-order valence-electron chi connectivity index (χ1n) is 31.9. The van der Waals surface area contributed by atoms with Gasteiger partial charge in [-0.25, -0.2) is 0 Å². The van der Waals surface area contributed by atoms with Crippen LogP contribution < -0.4 is 0 Å². The molecule has 428 valence electrons. The smallest absolute Gasteiger partial charge is 0.306 e. The van der Waals surface area contributed by atoms with Gasteiger partial charge >= 0.3 is 17.9 Å². The van der Waals surface area contributed by atoms with Gasteiger partial charge in [0.15, 0.2) is 6.10 Å². The van der Waals surface area contributed by atoms with Crippen LogP contribution in [-0.2, 0) is 28.6 Å². The fourth-order valence-electron chi connectivity index (χ4n) is 9.18. The van der Waals surface area contributed by atoms with Crippen molar-refractivity contribution in [3.8, 4) is 0 Å². The summed E-state index contributed by atoms with van der Waals surface area (Å²) in [4.78, 5) is 38.2. The van der Waals surface area contributed by atoms with Gasteiger partial charge in [0.2, 0.25) is 0 Å². The zero-order valence-electron chi connectivity index (χ0n) is 49.1. The third-order valence-corrected chi connectivity index (χ3v) is 13.9. The second-order valence-corrected chi connectivity index (χ2v) is 21.3. The molecule has 0 aliphatic carbocycles. The highest BCUT2D eigenvalue weighted by Crippen LogP contribution is 2.17. The summed E-state index contributed by atoms with van der Waals surface area (Å²) in [7, 11) is 0. The van der Waals surface area contributed by atoms with Gasteiger partial charge in [0.1, 0.15) is 13.2 Å². The van der Waals surface area contributed by atoms with Gasteiger partial charge in [-0.3, -0.25) is 14.4 Å². The predicted octanol–water partition coefficient (Wildman–Crippen LogP) is 21.7. The Labute approximate surface area is 459 Å². The van der Waals surface area contributed by atoms with Crippen LogP contribution in [0.3, 0.4) is 0 Å². The normalized spacial score (nSPS) is 12.5. The Kier molecular flexibility index (Phi) is 59.7. The lowest BCUT2D eigenvalue weighted by molar-refractivity contribution is -0.167. The molecule has 0 fully saturated rings. The van der Waals surface area contributed by atoms with Crippen molar-refractivity contribution in [2.45, 2.75) is 329 Å². The summed E-state index contributed by atoms with van der Waals surface area (Å²) in [5.74, 6) is -0.921. The Hall–Kier alpha value is -3.15. The standard InChI is InChI=1S/C68H120O6/c1-4-7-10-13-16-19-22-24-26-28-30-31-32-33-34-35-36-37-39-40-42-44-46-49-52-55-58-61-67(70)73-64-65(63-72-66(69)60-57-54-51-48-21-18-15-12-9-6-3)74-68(71)62-59-56-53-50-47-45-43-41-38-29-27-25-23-20-17-14-11-8-5-2/h8,11-12,15,17,20,25,27,38,41,45,47,65H,4-7,9-10,13-14,16,18-19,21-24,26,28-37,39-40,42-44,46,48-64H2,1-3H3/b11-8-,15-12-,20-17-,27-25-,41-38-,47-45-. The second kappa shape index (κ2) is 62.4. The molecular weight excluding hydrogens is 913 g/mol. The van der Waals surface area contributed by atoms with Gasteiger partial charge in [-0.1, -0.05) is 293 Å². The van der Waals surface area contributed by atoms with Crippen molar-refractivity contribution in [2.75, 3.05) is 13.2 Å². The van der Waals surface area contributed by atoms with E-state index >= 15 is 0 Å². The van der Waals surface area contributed by atoms with Gasteiger partial charge < -0.3 is 14.2 Å². The summed E-state index contributed by atoms with van der Waals surface area (Å²) in [5.41, 5.74) is 0. The van der Waals surface area contributed by atoms with Crippen LogP contribution in [0.2, 0.25) is 0 Å². The molecule has 0 N–H and O–H groups in total. The van der Waals surface area contributed by atoms with E-state index in [0.29, 0.717) is 12.8 Å². The lowest BCUT2D eigenvalue weighted by atomic mass is 10.0. The van der Waals surface area contributed by atoms with Gasteiger partial charge in [0.05, 0.1) is 0 Å². The number of carbonyl (C=O) groups excluding carboxylic acids is 3. The molecule has 1 atom stereocenters. The maximum absolute atomic E-state index is 12.9. The fourth-order valence-corrected chi connectivity index (χ4v) is 9.18. The van der Waals surface area contributed by atoms with Crippen molar-refractivity contribution < 1.29 is 28.6 Å². The van der Waals surface area contributed by atoms with Gasteiger partial charge in [-0.2, -0.15) is 0 Å². The molecule has 0 aliphatic rings. The van der Waals surface area contributed by atoms with E-state index in [-0.39, 0.29) is 37.5 Å². The molecule has 6 heteroatoms. The molecule has 0 spiro atoms. The van der Waals surface area contributed by atoms with Crippen molar-refractivity contribution in [3.63, 3.8) is 0 Å². The highest BCUT2D eigenvalue weighted by Gasteiger charge is 2.19. The highest BCUT2D eigenvalue weighted by atomic mass is 16.6. The molecule has 0 amide bonds. The van der Waals surface area contributed by atoms with Crippen LogP contribution in [0.25, 0.3) is 0 Å². The predicted molar refractivity (Wildman–Crippen MR) is 321 cm³/mol. The minimum Gasteiger partial charge on any atom is -0.462 e. The first kappa shape index (κ1) is 70.8. The van der Waals surface area contributed by atoms with Crippen LogP contribution in [0.5, 0.6) is 0 Å². The Balaban J connectivity index is 4.21. The Morgan fingerprint density at radius 1 is 0.284 bits per heavy atom. The molecule has 0 saturated carbocycles. The van der Waals surface area contributed by atoms with Crippen LogP contribution >= 0.6 is 0 Å². The largest absolute Gasteiger partial charge is 0.462 e. The van der Waals surface area contributed by atoms with Gasteiger partial charge in [0.25, 0.3) is 0 Å². The SMILES string of the molecule is CC/C=C\C/C=C\C/C=C\C/C=C\C/C=C\CCCCCC(=O)OC(COC(=O)CCCCCCC/C=C\CCC)COC(=O)CCCCCCCCCCCCCCCCCCCCCCCCCCCCC. The third kappa shape index (κ3) is 59.7. The molecule has 0 heterocycles. The molecule has 0 aliphatic heterocycles. The van der Waals surface area contributed by atoms with Crippen LogP contribution in [0.4, 0.5) is 0 Å². The topological polar surface area (TPSA) is 78.9 Å². The molecular formula is C68H120O6. The van der Waals surface area contributed by atoms with Crippen LogP contribution in [-0.4, -0.2) is 37.2 Å². The highest BCUT2D eigenvalue weighted by molar-refractivity contribution is 5.71. The zero-order valence-corrected chi connectivity index (χ0v) is 49.1. The van der Waals surface area contributed by atoms with Crippen LogP contribution in [0.15, 0.2) is 72.9 Å². The van der Waals surface area contributed by atoms with Crippen LogP contribution in [0, 0.1) is 0 Å². The van der Waals surface area contributed by atoms with E-state index in [1.165, 1.54) is 167 Å². The minimum absolute atomic E-state index is 0.0892. The van der Waals surface area contributed by atoms with E-state index in [1.54, 1.807) is 0 Å². The number of allylic oxidation sites excluding steroid dienone is 12. The number of hydrogen-bond donors (Lipinski definition) is 0. The molecule has 0 aromatic carbocycles. The fraction of sp³-hybridized carbons (Fsp3) is 0.779. The van der Waals surface area contributed by atoms with Crippen molar-refractivity contribution in [1.82, 2.24) is 0 Å². The Bertz CT molecular complexity index is 1370. The number of rotatable bonds is 58. The molecule has 0 bridgehead atoms. The quantitative estimate of drug-likeness (QED) is 0.0261. The molecule has 0 saturated heterocycles. The number of esters is 3. The molecule has 0 radical (unpaired) electrons. The Morgan fingerprint density at radius 3 is 0.905 bits per heavy atom. The first-order valence-corrected chi connectivity index (χ1v) is 31.9. The number of carbonyl (C=O) groups is 3. The van der Waals surface area contributed by atoms with Crippen molar-refractivity contribution >= 4 is 17.9 Å². The van der Waals surface area contributed by atoms with E-state index in [9.17, 15) is 14.4 Å². The van der Waals surface area contributed by atoms with Gasteiger partial charge in [0, 0.05) is 19.3 Å². The molecule has 0 rings (SSSR count). The van der Waals surface area contributed by atoms with Crippen LogP contribution in [0.1, 0.15) is 323 Å². The van der Waals surface area contributed by atoms with E-state index in [0.717, 1.165) is 116 Å². The van der Waals surface area contributed by atoms with Crippen molar-refractivity contribution in [3.05, 3.63) is 72.9 Å². The molecule has 6 nitrogen and oxygen atoms in total. The van der Waals surface area contributed by atoms with Gasteiger partial charge in [-0.05, 0) is 83.5 Å². The summed E-state index contributed by atoms with van der Waals surface area (Å²) in [6.07, 6.45) is 80.8. The molecule has 0 aromatic rings. The lowest BCUT2D eigenvalue weighted by Crippen LogP contribution is -2.30. The average molecular weight is 1030 g/mol. The Morgan fingerprint density at radius 2 is 0.554 bits per heavy atom. The summed E-state index contributed by atoms with van der Waals surface area (Å²) >= 11 is 0. The number of hydrogen-bond acceptors (Lipinski definition) is 6. The van der Waals surface area contributed by atoms with Gasteiger partial charge in [-0.15, -0.1) is 0 Å². The molecule has 0 aromatic heterocycles. The third-order valence-electron chi connectivity index (χ3n) is 13.9. The number of unbranched alkanes of at least 4 members (excludes halogenated alkanes) is 35. The maximum Gasteiger partial charge on any atom is 0.306 e. The second-order valence-electron chi connectivity index (χ2n) is 21.3. The van der Waals surface area contributed by atoms with E-state index < -0.39 is 6.10 Å². The minimum atomic E-state index is -0.795.